The minimum atomic E-state index is 0.185. The Bertz CT molecular complexity index is 470. The zero-order chi connectivity index (χ0) is 13.8. The molecule has 0 aliphatic carbocycles. The van der Waals surface area contributed by atoms with Gasteiger partial charge in [0.1, 0.15) is 5.84 Å². The van der Waals surface area contributed by atoms with E-state index in [1.807, 2.05) is 0 Å². The maximum absolute atomic E-state index is 8.77. The van der Waals surface area contributed by atoms with E-state index in [1.165, 1.54) is 16.7 Å². The number of hydrogen-bond acceptors (Lipinski definition) is 3. The third-order valence-electron chi connectivity index (χ3n) is 4.02. The van der Waals surface area contributed by atoms with E-state index in [1.54, 1.807) is 0 Å². The third kappa shape index (κ3) is 3.47. The van der Waals surface area contributed by atoms with Crippen molar-refractivity contribution in [3.8, 4) is 0 Å². The molecule has 2 rings (SSSR count). The van der Waals surface area contributed by atoms with Gasteiger partial charge in [-0.3, -0.25) is 4.90 Å². The Hall–Kier alpha value is -1.55. The van der Waals surface area contributed by atoms with E-state index >= 15 is 0 Å². The summed E-state index contributed by atoms with van der Waals surface area (Å²) in [5.41, 5.74) is 9.72. The summed E-state index contributed by atoms with van der Waals surface area (Å²) in [5.74, 6) is 0.551. The molecular weight excluding hydrogens is 238 g/mol. The molecule has 1 fully saturated rings. The average molecular weight is 261 g/mol. The molecule has 1 aliphatic heterocycles. The summed E-state index contributed by atoms with van der Waals surface area (Å²) in [6.45, 7) is 7.18. The summed E-state index contributed by atoms with van der Waals surface area (Å²) in [6, 6.07) is 6.62. The smallest absolute Gasteiger partial charge is 0.143 e. The van der Waals surface area contributed by atoms with Crippen LogP contribution < -0.4 is 5.73 Å². The number of benzene rings is 1. The fraction of sp³-hybridized carbons (Fsp3) is 0.533. The number of likely N-dealkylation sites (tertiary alicyclic amines) is 1. The molecule has 1 atom stereocenters. The second-order valence-corrected chi connectivity index (χ2v) is 5.52. The molecule has 0 spiro atoms. The highest BCUT2D eigenvalue weighted by atomic mass is 16.4. The monoisotopic (exact) mass is 261 g/mol. The van der Waals surface area contributed by atoms with Gasteiger partial charge in [0.05, 0.1) is 0 Å². The Balaban J connectivity index is 2.00. The van der Waals surface area contributed by atoms with Crippen molar-refractivity contribution in [3.05, 3.63) is 34.9 Å². The Labute approximate surface area is 114 Å². The van der Waals surface area contributed by atoms with Gasteiger partial charge in [-0.1, -0.05) is 23.4 Å². The Morgan fingerprint density at radius 1 is 1.42 bits per heavy atom. The lowest BCUT2D eigenvalue weighted by molar-refractivity contribution is 0.193. The lowest BCUT2D eigenvalue weighted by atomic mass is 9.96. The van der Waals surface area contributed by atoms with E-state index in [0.717, 1.165) is 32.5 Å². The maximum Gasteiger partial charge on any atom is 0.143 e. The molecule has 1 aromatic carbocycles. The van der Waals surface area contributed by atoms with Crippen LogP contribution in [-0.2, 0) is 6.54 Å². The molecular formula is C15H23N3O. The number of piperidine rings is 1. The number of hydrogen-bond donors (Lipinski definition) is 2. The van der Waals surface area contributed by atoms with Gasteiger partial charge in [-0.05, 0) is 49.9 Å². The fourth-order valence-corrected chi connectivity index (χ4v) is 2.68. The van der Waals surface area contributed by atoms with Crippen molar-refractivity contribution in [3.63, 3.8) is 0 Å². The van der Waals surface area contributed by atoms with Crippen molar-refractivity contribution in [2.75, 3.05) is 13.1 Å². The summed E-state index contributed by atoms with van der Waals surface area (Å²) in [5, 5.41) is 11.9. The first kappa shape index (κ1) is 13.9. The largest absolute Gasteiger partial charge is 0.409 e. The van der Waals surface area contributed by atoms with Gasteiger partial charge in [-0.2, -0.15) is 0 Å². The van der Waals surface area contributed by atoms with E-state index in [2.05, 4.69) is 42.1 Å². The molecule has 0 saturated carbocycles. The van der Waals surface area contributed by atoms with E-state index in [4.69, 9.17) is 10.9 Å². The summed E-state index contributed by atoms with van der Waals surface area (Å²) < 4.78 is 0. The van der Waals surface area contributed by atoms with Crippen LogP contribution in [-0.4, -0.2) is 29.0 Å². The number of oxime groups is 1. The molecule has 4 nitrogen and oxygen atoms in total. The predicted octanol–water partition coefficient (Wildman–Crippen LogP) is 2.26. The molecule has 0 amide bonds. The van der Waals surface area contributed by atoms with E-state index in [-0.39, 0.29) is 5.92 Å². The molecule has 0 radical (unpaired) electrons. The molecule has 1 aliphatic rings. The topological polar surface area (TPSA) is 61.8 Å². The van der Waals surface area contributed by atoms with Crippen molar-refractivity contribution in [1.29, 1.82) is 0 Å². The average Bonchev–Trinajstić information content (AvgIpc) is 2.42. The van der Waals surface area contributed by atoms with Gasteiger partial charge in [0.15, 0.2) is 0 Å². The van der Waals surface area contributed by atoms with Gasteiger partial charge < -0.3 is 10.9 Å². The van der Waals surface area contributed by atoms with Crippen molar-refractivity contribution < 1.29 is 5.21 Å². The van der Waals surface area contributed by atoms with Crippen LogP contribution >= 0.6 is 0 Å². The summed E-state index contributed by atoms with van der Waals surface area (Å²) in [4.78, 5) is 2.39. The van der Waals surface area contributed by atoms with Crippen molar-refractivity contribution in [1.82, 2.24) is 4.90 Å². The zero-order valence-electron chi connectivity index (χ0n) is 11.8. The Morgan fingerprint density at radius 2 is 2.21 bits per heavy atom. The summed E-state index contributed by atoms with van der Waals surface area (Å²) in [6.07, 6.45) is 2.12. The first-order valence-electron chi connectivity index (χ1n) is 6.86. The number of aryl methyl sites for hydroxylation is 2. The second-order valence-electron chi connectivity index (χ2n) is 5.52. The molecule has 3 N–H and O–H groups in total. The zero-order valence-corrected chi connectivity index (χ0v) is 11.8. The number of rotatable bonds is 3. The lowest BCUT2D eigenvalue weighted by Gasteiger charge is -2.32. The lowest BCUT2D eigenvalue weighted by Crippen LogP contribution is -2.40. The molecule has 4 heteroatoms. The van der Waals surface area contributed by atoms with E-state index < -0.39 is 0 Å². The highest BCUT2D eigenvalue weighted by molar-refractivity contribution is 5.82. The van der Waals surface area contributed by atoms with Crippen molar-refractivity contribution >= 4 is 5.84 Å². The van der Waals surface area contributed by atoms with Crippen LogP contribution in [0.25, 0.3) is 0 Å². The van der Waals surface area contributed by atoms with Crippen LogP contribution in [0.3, 0.4) is 0 Å². The first-order valence-corrected chi connectivity index (χ1v) is 6.86. The quantitative estimate of drug-likeness (QED) is 0.380. The summed E-state index contributed by atoms with van der Waals surface area (Å²) >= 11 is 0. The minimum Gasteiger partial charge on any atom is -0.409 e. The van der Waals surface area contributed by atoms with Gasteiger partial charge in [-0.25, -0.2) is 0 Å². The predicted molar refractivity (Wildman–Crippen MR) is 77.3 cm³/mol. The molecule has 104 valence electrons. The van der Waals surface area contributed by atoms with Gasteiger partial charge in [0.2, 0.25) is 0 Å². The molecule has 1 unspecified atom stereocenters. The summed E-state index contributed by atoms with van der Waals surface area (Å²) in [7, 11) is 0. The van der Waals surface area contributed by atoms with Crippen molar-refractivity contribution in [2.45, 2.75) is 33.2 Å². The molecule has 0 aromatic heterocycles. The molecule has 1 heterocycles. The Morgan fingerprint density at radius 3 is 2.89 bits per heavy atom. The molecule has 19 heavy (non-hydrogen) atoms. The van der Waals surface area contributed by atoms with Crippen LogP contribution in [0.15, 0.2) is 23.4 Å². The van der Waals surface area contributed by atoms with Crippen LogP contribution in [0, 0.1) is 19.8 Å². The van der Waals surface area contributed by atoms with Crippen LogP contribution in [0.4, 0.5) is 0 Å². The number of amidine groups is 1. The molecule has 0 bridgehead atoms. The van der Waals surface area contributed by atoms with Gasteiger partial charge >= 0.3 is 0 Å². The molecule has 1 saturated heterocycles. The van der Waals surface area contributed by atoms with Gasteiger partial charge in [0, 0.05) is 19.0 Å². The normalized spacial score (nSPS) is 21.6. The van der Waals surface area contributed by atoms with Crippen molar-refractivity contribution in [2.24, 2.45) is 16.8 Å². The second kappa shape index (κ2) is 6.06. The van der Waals surface area contributed by atoms with Crippen LogP contribution in [0.1, 0.15) is 29.5 Å². The Kier molecular flexibility index (Phi) is 4.43. The maximum atomic E-state index is 8.77. The highest BCUT2D eigenvalue weighted by Gasteiger charge is 2.23. The van der Waals surface area contributed by atoms with Gasteiger partial charge in [-0.15, -0.1) is 0 Å². The molecule has 1 aromatic rings. The van der Waals surface area contributed by atoms with E-state index in [0.29, 0.717) is 5.84 Å². The first-order chi connectivity index (χ1) is 9.10. The van der Waals surface area contributed by atoms with Gasteiger partial charge in [0.25, 0.3) is 0 Å². The fourth-order valence-electron chi connectivity index (χ4n) is 2.68. The highest BCUT2D eigenvalue weighted by Crippen LogP contribution is 2.19. The van der Waals surface area contributed by atoms with Crippen LogP contribution in [0.2, 0.25) is 0 Å². The number of nitrogens with two attached hydrogens (primary N) is 1. The van der Waals surface area contributed by atoms with E-state index in [9.17, 15) is 0 Å². The van der Waals surface area contributed by atoms with Crippen LogP contribution in [0.5, 0.6) is 0 Å². The number of nitrogens with zero attached hydrogens (tertiary/aromatic N) is 2. The third-order valence-corrected chi connectivity index (χ3v) is 4.02. The minimum absolute atomic E-state index is 0.185. The standard InChI is InChI=1S/C15H23N3O/c1-11-5-6-13(8-12(11)2)9-18-7-3-4-14(10-18)15(16)17-19/h5-6,8,14,19H,3-4,7,9-10H2,1-2H3,(H2,16,17). The SMILES string of the molecule is Cc1ccc(CN2CCCC(C(N)=NO)C2)cc1C.